The van der Waals surface area contributed by atoms with Gasteiger partial charge in [0.1, 0.15) is 0 Å². The van der Waals surface area contributed by atoms with E-state index in [4.69, 9.17) is 0 Å². The Bertz CT molecular complexity index is 145. The van der Waals surface area contributed by atoms with Crippen LogP contribution in [0.1, 0.15) is 44.9 Å². The molecule has 2 saturated carbocycles. The first-order valence-electron chi connectivity index (χ1n) is 5.30. The third-order valence-corrected chi connectivity index (χ3v) is 3.28. The summed E-state index contributed by atoms with van der Waals surface area (Å²) in [4.78, 5) is 0. The minimum atomic E-state index is -0.0700. The van der Waals surface area contributed by atoms with Crippen LogP contribution in [0.3, 0.4) is 0 Å². The fourth-order valence-electron chi connectivity index (χ4n) is 2.18. The van der Waals surface area contributed by atoms with Gasteiger partial charge in [-0.1, -0.05) is 19.3 Å². The van der Waals surface area contributed by atoms with Crippen molar-refractivity contribution in [3.8, 4) is 0 Å². The molecule has 0 aromatic carbocycles. The molecule has 2 fully saturated rings. The molecule has 0 spiro atoms. The second-order valence-electron chi connectivity index (χ2n) is 4.25. The summed E-state index contributed by atoms with van der Waals surface area (Å²) in [6.07, 6.45) is 8.64. The molecular weight excluding hydrogens is 150 g/mol. The zero-order valence-corrected chi connectivity index (χ0v) is 7.63. The monoisotopic (exact) mass is 169 g/mol. The summed E-state index contributed by atoms with van der Waals surface area (Å²) in [5.74, 6) is 0. The molecule has 0 radical (unpaired) electrons. The van der Waals surface area contributed by atoms with E-state index in [2.05, 4.69) is 5.32 Å². The first kappa shape index (κ1) is 8.52. The maximum atomic E-state index is 9.67. The van der Waals surface area contributed by atoms with Gasteiger partial charge >= 0.3 is 0 Å². The lowest BCUT2D eigenvalue weighted by Gasteiger charge is -2.36. The summed E-state index contributed by atoms with van der Waals surface area (Å²) in [6, 6.07) is 1.13. The van der Waals surface area contributed by atoms with Gasteiger partial charge in [-0.3, -0.25) is 0 Å². The van der Waals surface area contributed by atoms with Crippen LogP contribution in [0.2, 0.25) is 0 Å². The zero-order valence-electron chi connectivity index (χ0n) is 7.63. The molecule has 12 heavy (non-hydrogen) atoms. The van der Waals surface area contributed by atoms with Gasteiger partial charge in [-0.05, 0) is 25.7 Å². The van der Waals surface area contributed by atoms with Gasteiger partial charge in [-0.15, -0.1) is 0 Å². The second-order valence-corrected chi connectivity index (χ2v) is 4.25. The average Bonchev–Trinajstić information content (AvgIpc) is 2.00. The average molecular weight is 169 g/mol. The lowest BCUT2D eigenvalue weighted by molar-refractivity contribution is 0.0778. The number of rotatable bonds is 2. The minimum absolute atomic E-state index is 0.0700. The molecule has 70 valence electrons. The molecule has 0 unspecified atom stereocenters. The van der Waals surface area contributed by atoms with Crippen LogP contribution in [0, 0.1) is 0 Å². The molecular formula is C10H19NO. The van der Waals surface area contributed by atoms with E-state index >= 15 is 0 Å². The van der Waals surface area contributed by atoms with Crippen molar-refractivity contribution in [2.75, 3.05) is 0 Å². The molecule has 2 aliphatic rings. The SMILES string of the molecule is O[C@@H]1CCCC[C@@H]1NC1CCC1. The van der Waals surface area contributed by atoms with Crippen LogP contribution in [0.25, 0.3) is 0 Å². The molecule has 0 aliphatic heterocycles. The van der Waals surface area contributed by atoms with Crippen molar-refractivity contribution >= 4 is 0 Å². The maximum absolute atomic E-state index is 9.67. The summed E-state index contributed by atoms with van der Waals surface area (Å²) in [6.45, 7) is 0. The quantitative estimate of drug-likeness (QED) is 0.655. The second kappa shape index (κ2) is 3.75. The first-order chi connectivity index (χ1) is 5.86. The van der Waals surface area contributed by atoms with E-state index in [1.807, 2.05) is 0 Å². The lowest BCUT2D eigenvalue weighted by atomic mass is 9.88. The Morgan fingerprint density at radius 3 is 2.25 bits per heavy atom. The van der Waals surface area contributed by atoms with Crippen LogP contribution in [-0.2, 0) is 0 Å². The normalized spacial score (nSPS) is 37.8. The van der Waals surface area contributed by atoms with Crippen LogP contribution >= 0.6 is 0 Å². The number of hydrogen-bond donors (Lipinski definition) is 2. The third-order valence-electron chi connectivity index (χ3n) is 3.28. The maximum Gasteiger partial charge on any atom is 0.0693 e. The summed E-state index contributed by atoms with van der Waals surface area (Å²) in [5, 5.41) is 13.2. The fraction of sp³-hybridized carbons (Fsp3) is 1.00. The van der Waals surface area contributed by atoms with Gasteiger partial charge in [0.25, 0.3) is 0 Å². The van der Waals surface area contributed by atoms with Crippen LogP contribution in [0.15, 0.2) is 0 Å². The summed E-state index contributed by atoms with van der Waals surface area (Å²) < 4.78 is 0. The van der Waals surface area contributed by atoms with Crippen molar-refractivity contribution in [2.24, 2.45) is 0 Å². The largest absolute Gasteiger partial charge is 0.392 e. The highest BCUT2D eigenvalue weighted by Crippen LogP contribution is 2.23. The number of aliphatic hydroxyl groups excluding tert-OH is 1. The van der Waals surface area contributed by atoms with E-state index in [1.54, 1.807) is 0 Å². The van der Waals surface area contributed by atoms with E-state index in [0.717, 1.165) is 12.5 Å². The molecule has 2 N–H and O–H groups in total. The van der Waals surface area contributed by atoms with E-state index in [1.165, 1.54) is 38.5 Å². The van der Waals surface area contributed by atoms with Crippen molar-refractivity contribution in [1.29, 1.82) is 0 Å². The zero-order chi connectivity index (χ0) is 8.39. The lowest BCUT2D eigenvalue weighted by Crippen LogP contribution is -2.49. The van der Waals surface area contributed by atoms with E-state index in [-0.39, 0.29) is 6.10 Å². The van der Waals surface area contributed by atoms with E-state index in [9.17, 15) is 5.11 Å². The Balaban J connectivity index is 1.76. The Hall–Kier alpha value is -0.0800. The van der Waals surface area contributed by atoms with Gasteiger partial charge in [0.15, 0.2) is 0 Å². The molecule has 2 nitrogen and oxygen atoms in total. The highest BCUT2D eigenvalue weighted by Gasteiger charge is 2.27. The fourth-order valence-corrected chi connectivity index (χ4v) is 2.18. The number of nitrogens with one attached hydrogen (secondary N) is 1. The third kappa shape index (κ3) is 1.80. The van der Waals surface area contributed by atoms with E-state index in [0.29, 0.717) is 6.04 Å². The molecule has 0 aromatic heterocycles. The highest BCUT2D eigenvalue weighted by atomic mass is 16.3. The van der Waals surface area contributed by atoms with Gasteiger partial charge < -0.3 is 10.4 Å². The standard InChI is InChI=1S/C10H19NO/c12-10-7-2-1-6-9(10)11-8-4-3-5-8/h8-12H,1-7H2/t9-,10+/m0/s1. The van der Waals surface area contributed by atoms with Crippen molar-refractivity contribution in [3.05, 3.63) is 0 Å². The van der Waals surface area contributed by atoms with Gasteiger partial charge in [-0.2, -0.15) is 0 Å². The number of hydrogen-bond acceptors (Lipinski definition) is 2. The molecule has 2 heteroatoms. The summed E-state index contributed by atoms with van der Waals surface area (Å²) in [7, 11) is 0. The summed E-state index contributed by atoms with van der Waals surface area (Å²) >= 11 is 0. The van der Waals surface area contributed by atoms with Crippen molar-refractivity contribution in [3.63, 3.8) is 0 Å². The van der Waals surface area contributed by atoms with Crippen molar-refractivity contribution in [2.45, 2.75) is 63.1 Å². The molecule has 0 aromatic rings. The molecule has 2 rings (SSSR count). The minimum Gasteiger partial charge on any atom is -0.392 e. The predicted octanol–water partition coefficient (Wildman–Crippen LogP) is 1.43. The smallest absolute Gasteiger partial charge is 0.0693 e. The van der Waals surface area contributed by atoms with Crippen molar-refractivity contribution < 1.29 is 5.11 Å². The first-order valence-corrected chi connectivity index (χ1v) is 5.30. The molecule has 0 heterocycles. The van der Waals surface area contributed by atoms with Crippen LogP contribution in [0.4, 0.5) is 0 Å². The van der Waals surface area contributed by atoms with Crippen LogP contribution < -0.4 is 5.32 Å². The molecule has 0 amide bonds. The van der Waals surface area contributed by atoms with Gasteiger partial charge in [0, 0.05) is 12.1 Å². The van der Waals surface area contributed by atoms with Gasteiger partial charge in [0.05, 0.1) is 6.10 Å². The van der Waals surface area contributed by atoms with Crippen LogP contribution in [-0.4, -0.2) is 23.3 Å². The van der Waals surface area contributed by atoms with Crippen molar-refractivity contribution in [1.82, 2.24) is 5.32 Å². The topological polar surface area (TPSA) is 32.3 Å². The van der Waals surface area contributed by atoms with Gasteiger partial charge in [0.2, 0.25) is 0 Å². The molecule has 2 atom stereocenters. The Morgan fingerprint density at radius 1 is 0.917 bits per heavy atom. The molecule has 0 bridgehead atoms. The molecule has 2 aliphatic carbocycles. The molecule has 0 saturated heterocycles. The summed E-state index contributed by atoms with van der Waals surface area (Å²) in [5.41, 5.74) is 0. The Labute approximate surface area is 74.4 Å². The number of aliphatic hydroxyl groups is 1. The van der Waals surface area contributed by atoms with Crippen LogP contribution in [0.5, 0.6) is 0 Å². The highest BCUT2D eigenvalue weighted by molar-refractivity contribution is 4.86. The Morgan fingerprint density at radius 2 is 1.67 bits per heavy atom. The predicted molar refractivity (Wildman–Crippen MR) is 49.0 cm³/mol. The van der Waals surface area contributed by atoms with E-state index < -0.39 is 0 Å². The Kier molecular flexibility index (Phi) is 2.66. The van der Waals surface area contributed by atoms with Gasteiger partial charge in [-0.25, -0.2) is 0 Å².